The zero-order valence-electron chi connectivity index (χ0n) is 9.50. The van der Waals surface area contributed by atoms with Gasteiger partial charge in [-0.05, 0) is 30.7 Å². The van der Waals surface area contributed by atoms with E-state index in [0.29, 0.717) is 5.56 Å². The van der Waals surface area contributed by atoms with Gasteiger partial charge in [-0.2, -0.15) is 0 Å². The van der Waals surface area contributed by atoms with Crippen LogP contribution in [0.2, 0.25) is 0 Å². The van der Waals surface area contributed by atoms with Crippen molar-refractivity contribution in [3.05, 3.63) is 29.3 Å². The molecule has 0 heterocycles. The highest BCUT2D eigenvalue weighted by Gasteiger charge is 2.07. The fourth-order valence-corrected chi connectivity index (χ4v) is 1.29. The van der Waals surface area contributed by atoms with E-state index in [4.69, 9.17) is 4.74 Å². The minimum atomic E-state index is -0.120. The third-order valence-electron chi connectivity index (χ3n) is 1.98. The van der Waals surface area contributed by atoms with Crippen LogP contribution in [0.25, 0.3) is 0 Å². The molecule has 82 valence electrons. The van der Waals surface area contributed by atoms with Crippen molar-refractivity contribution >= 4 is 5.91 Å². The Morgan fingerprint density at radius 2 is 2.07 bits per heavy atom. The molecule has 1 aromatic carbocycles. The van der Waals surface area contributed by atoms with Crippen LogP contribution in [0, 0.1) is 6.92 Å². The van der Waals surface area contributed by atoms with E-state index in [0.717, 1.165) is 11.3 Å². The van der Waals surface area contributed by atoms with Crippen LogP contribution in [0.15, 0.2) is 18.2 Å². The summed E-state index contributed by atoms with van der Waals surface area (Å²) in [6, 6.07) is 5.34. The predicted octanol–water partition coefficient (Wildman–Crippen LogP) is 1.21. The summed E-state index contributed by atoms with van der Waals surface area (Å²) in [5, 5.41) is 1.61. The van der Waals surface area contributed by atoms with Gasteiger partial charge in [-0.15, -0.1) is 0 Å². The third-order valence-corrected chi connectivity index (χ3v) is 1.98. The molecule has 1 amide bonds. The van der Waals surface area contributed by atoms with E-state index >= 15 is 0 Å². The molecule has 1 rings (SSSR count). The molecule has 0 aliphatic rings. The monoisotopic (exact) mass is 208 g/mol. The number of hydrogen-bond donors (Lipinski definition) is 1. The molecule has 0 radical (unpaired) electrons. The SMILES string of the molecule is COc1ccc(C(=O)NN(C)C)cc1C. The first-order chi connectivity index (χ1) is 7.04. The minimum absolute atomic E-state index is 0.120. The highest BCUT2D eigenvalue weighted by atomic mass is 16.5. The number of rotatable bonds is 3. The minimum Gasteiger partial charge on any atom is -0.496 e. The van der Waals surface area contributed by atoms with Crippen LogP contribution in [-0.4, -0.2) is 32.1 Å². The first kappa shape index (κ1) is 11.5. The topological polar surface area (TPSA) is 41.6 Å². The lowest BCUT2D eigenvalue weighted by Crippen LogP contribution is -2.36. The lowest BCUT2D eigenvalue weighted by atomic mass is 10.1. The standard InChI is InChI=1S/C11H16N2O2/c1-8-7-9(5-6-10(8)15-4)11(14)12-13(2)3/h5-7H,1-4H3,(H,12,14). The van der Waals surface area contributed by atoms with Gasteiger partial charge in [0.2, 0.25) is 0 Å². The Hall–Kier alpha value is -1.55. The smallest absolute Gasteiger partial charge is 0.265 e. The quantitative estimate of drug-likeness (QED) is 0.759. The summed E-state index contributed by atoms with van der Waals surface area (Å²) in [6.07, 6.45) is 0. The molecule has 4 nitrogen and oxygen atoms in total. The number of nitrogens with one attached hydrogen (secondary N) is 1. The van der Waals surface area contributed by atoms with Gasteiger partial charge in [-0.1, -0.05) is 0 Å². The van der Waals surface area contributed by atoms with Gasteiger partial charge in [0.15, 0.2) is 0 Å². The molecule has 0 aliphatic carbocycles. The maximum absolute atomic E-state index is 11.6. The van der Waals surface area contributed by atoms with E-state index in [1.807, 2.05) is 6.92 Å². The summed E-state index contributed by atoms with van der Waals surface area (Å²) in [5.41, 5.74) is 4.25. The Morgan fingerprint density at radius 1 is 1.40 bits per heavy atom. The van der Waals surface area contributed by atoms with E-state index < -0.39 is 0 Å². The highest BCUT2D eigenvalue weighted by molar-refractivity contribution is 5.94. The lowest BCUT2D eigenvalue weighted by molar-refractivity contribution is 0.0857. The molecule has 0 saturated carbocycles. The average molecular weight is 208 g/mol. The number of hydrogen-bond acceptors (Lipinski definition) is 3. The second-order valence-corrected chi connectivity index (χ2v) is 3.52. The number of ether oxygens (including phenoxy) is 1. The summed E-state index contributed by atoms with van der Waals surface area (Å²) in [4.78, 5) is 11.6. The number of amides is 1. The molecule has 15 heavy (non-hydrogen) atoms. The number of carbonyl (C=O) groups is 1. The van der Waals surface area contributed by atoms with Gasteiger partial charge in [0.25, 0.3) is 5.91 Å². The molecule has 0 aromatic heterocycles. The Kier molecular flexibility index (Phi) is 3.68. The summed E-state index contributed by atoms with van der Waals surface area (Å²) >= 11 is 0. The fourth-order valence-electron chi connectivity index (χ4n) is 1.29. The van der Waals surface area contributed by atoms with Crippen molar-refractivity contribution in [2.45, 2.75) is 6.92 Å². The van der Waals surface area contributed by atoms with E-state index in [1.165, 1.54) is 0 Å². The Balaban J connectivity index is 2.87. The fraction of sp³-hybridized carbons (Fsp3) is 0.364. The van der Waals surface area contributed by atoms with E-state index in [9.17, 15) is 4.79 Å². The highest BCUT2D eigenvalue weighted by Crippen LogP contribution is 2.18. The summed E-state index contributed by atoms with van der Waals surface area (Å²) in [6.45, 7) is 1.91. The van der Waals surface area contributed by atoms with Crippen molar-refractivity contribution < 1.29 is 9.53 Å². The summed E-state index contributed by atoms with van der Waals surface area (Å²) in [7, 11) is 5.16. The van der Waals surface area contributed by atoms with Crippen molar-refractivity contribution in [2.75, 3.05) is 21.2 Å². The Morgan fingerprint density at radius 3 is 2.53 bits per heavy atom. The molecule has 0 aliphatic heterocycles. The third kappa shape index (κ3) is 2.95. The molecule has 1 aromatic rings. The van der Waals surface area contributed by atoms with Crippen molar-refractivity contribution in [2.24, 2.45) is 0 Å². The van der Waals surface area contributed by atoms with E-state index in [1.54, 1.807) is 44.4 Å². The van der Waals surface area contributed by atoms with Crippen LogP contribution >= 0.6 is 0 Å². The van der Waals surface area contributed by atoms with Gasteiger partial charge in [-0.25, -0.2) is 5.01 Å². The van der Waals surface area contributed by atoms with Crippen LogP contribution in [0.5, 0.6) is 5.75 Å². The molecule has 4 heteroatoms. The Labute approximate surface area is 89.8 Å². The number of hydrazine groups is 1. The van der Waals surface area contributed by atoms with Gasteiger partial charge in [0.1, 0.15) is 5.75 Å². The van der Waals surface area contributed by atoms with Crippen molar-refractivity contribution in [3.63, 3.8) is 0 Å². The number of carbonyl (C=O) groups excluding carboxylic acids is 1. The lowest BCUT2D eigenvalue weighted by Gasteiger charge is -2.12. The maximum atomic E-state index is 11.6. The van der Waals surface area contributed by atoms with Crippen molar-refractivity contribution in [1.82, 2.24) is 10.4 Å². The van der Waals surface area contributed by atoms with Crippen molar-refractivity contribution in [1.29, 1.82) is 0 Å². The molecular weight excluding hydrogens is 192 g/mol. The van der Waals surface area contributed by atoms with Crippen LogP contribution in [0.3, 0.4) is 0 Å². The van der Waals surface area contributed by atoms with Crippen molar-refractivity contribution in [3.8, 4) is 5.75 Å². The molecule has 0 bridgehead atoms. The average Bonchev–Trinajstić information content (AvgIpc) is 2.16. The van der Waals surface area contributed by atoms with Gasteiger partial charge in [0, 0.05) is 19.7 Å². The summed E-state index contributed by atoms with van der Waals surface area (Å²) < 4.78 is 5.12. The number of nitrogens with zero attached hydrogens (tertiary/aromatic N) is 1. The van der Waals surface area contributed by atoms with Crippen LogP contribution in [0.1, 0.15) is 15.9 Å². The van der Waals surface area contributed by atoms with Gasteiger partial charge >= 0.3 is 0 Å². The zero-order valence-corrected chi connectivity index (χ0v) is 9.50. The molecular formula is C11H16N2O2. The second kappa shape index (κ2) is 4.79. The van der Waals surface area contributed by atoms with E-state index in [2.05, 4.69) is 5.43 Å². The van der Waals surface area contributed by atoms with E-state index in [-0.39, 0.29) is 5.91 Å². The summed E-state index contributed by atoms with van der Waals surface area (Å²) in [5.74, 6) is 0.669. The normalized spacial score (nSPS) is 10.2. The van der Waals surface area contributed by atoms with Gasteiger partial charge in [-0.3, -0.25) is 10.2 Å². The van der Waals surface area contributed by atoms with Gasteiger partial charge in [0.05, 0.1) is 7.11 Å². The molecule has 0 atom stereocenters. The molecule has 0 spiro atoms. The molecule has 0 unspecified atom stereocenters. The largest absolute Gasteiger partial charge is 0.496 e. The van der Waals surface area contributed by atoms with Crippen LogP contribution < -0.4 is 10.2 Å². The van der Waals surface area contributed by atoms with Gasteiger partial charge < -0.3 is 4.74 Å². The second-order valence-electron chi connectivity index (χ2n) is 3.52. The molecule has 0 fully saturated rings. The number of benzene rings is 1. The van der Waals surface area contributed by atoms with Crippen LogP contribution in [0.4, 0.5) is 0 Å². The maximum Gasteiger partial charge on any atom is 0.265 e. The zero-order chi connectivity index (χ0) is 11.4. The molecule has 0 saturated heterocycles. The molecule has 1 N–H and O–H groups in total. The first-order valence-electron chi connectivity index (χ1n) is 4.67. The predicted molar refractivity (Wildman–Crippen MR) is 58.9 cm³/mol. The first-order valence-corrected chi connectivity index (χ1v) is 4.67. The number of aryl methyl sites for hydroxylation is 1. The number of methoxy groups -OCH3 is 1. The Bertz CT molecular complexity index is 362. The van der Waals surface area contributed by atoms with Crippen LogP contribution in [-0.2, 0) is 0 Å².